The molecule has 112 valence electrons. The summed E-state index contributed by atoms with van der Waals surface area (Å²) < 4.78 is 11.2. The first-order valence-corrected chi connectivity index (χ1v) is 7.42. The van der Waals surface area contributed by atoms with Crippen molar-refractivity contribution in [3.8, 4) is 17.0 Å². The molecule has 0 aliphatic carbocycles. The number of hydrogen-bond acceptors (Lipinski definition) is 3. The molecule has 0 aliphatic rings. The summed E-state index contributed by atoms with van der Waals surface area (Å²) in [6.45, 7) is 4.46. The molecule has 3 aromatic rings. The van der Waals surface area contributed by atoms with Crippen LogP contribution in [0.15, 0.2) is 53.1 Å². The van der Waals surface area contributed by atoms with E-state index in [-0.39, 0.29) is 0 Å². The van der Waals surface area contributed by atoms with Gasteiger partial charge in [0.25, 0.3) is 0 Å². The zero-order valence-corrected chi connectivity index (χ0v) is 13.2. The van der Waals surface area contributed by atoms with Crippen LogP contribution in [-0.2, 0) is 6.61 Å². The number of rotatable bonds is 4. The molecule has 0 N–H and O–H groups in total. The van der Waals surface area contributed by atoms with E-state index in [4.69, 9.17) is 20.9 Å². The van der Waals surface area contributed by atoms with Crippen molar-refractivity contribution < 1.29 is 9.26 Å². The fourth-order valence-electron chi connectivity index (χ4n) is 2.17. The van der Waals surface area contributed by atoms with Crippen molar-refractivity contribution >= 4 is 11.6 Å². The van der Waals surface area contributed by atoms with Crippen molar-refractivity contribution in [3.63, 3.8) is 0 Å². The van der Waals surface area contributed by atoms with E-state index in [1.165, 1.54) is 5.56 Å². The van der Waals surface area contributed by atoms with Gasteiger partial charge in [-0.05, 0) is 43.2 Å². The lowest BCUT2D eigenvalue weighted by molar-refractivity contribution is 0.248. The van der Waals surface area contributed by atoms with Gasteiger partial charge >= 0.3 is 0 Å². The smallest absolute Gasteiger partial charge is 0.174 e. The Morgan fingerprint density at radius 2 is 1.86 bits per heavy atom. The fourth-order valence-corrected chi connectivity index (χ4v) is 2.29. The molecule has 0 saturated carbocycles. The van der Waals surface area contributed by atoms with E-state index in [1.807, 2.05) is 49.4 Å². The summed E-state index contributed by atoms with van der Waals surface area (Å²) in [5.41, 5.74) is 4.08. The molecule has 0 amide bonds. The largest absolute Gasteiger partial charge is 0.485 e. The molecule has 1 aromatic heterocycles. The predicted octanol–water partition coefficient (Wildman–Crippen LogP) is 5.19. The number of aromatic nitrogens is 1. The van der Waals surface area contributed by atoms with Crippen LogP contribution in [-0.4, -0.2) is 5.16 Å². The van der Waals surface area contributed by atoms with Crippen molar-refractivity contribution in [3.05, 3.63) is 70.4 Å². The number of halogens is 1. The highest BCUT2D eigenvalue weighted by Crippen LogP contribution is 2.24. The Morgan fingerprint density at radius 3 is 2.64 bits per heavy atom. The molecule has 0 atom stereocenters. The Balaban J connectivity index is 1.72. The van der Waals surface area contributed by atoms with Gasteiger partial charge in [0.15, 0.2) is 5.76 Å². The predicted molar refractivity (Wildman–Crippen MR) is 87.2 cm³/mol. The molecular formula is C18H16ClNO2. The SMILES string of the molecule is Cc1cccc(OCc2cc(-c3ccc(Cl)cc3)no2)c1C. The monoisotopic (exact) mass is 313 g/mol. The van der Waals surface area contributed by atoms with Gasteiger partial charge in [0.05, 0.1) is 0 Å². The van der Waals surface area contributed by atoms with Gasteiger partial charge in [-0.3, -0.25) is 0 Å². The van der Waals surface area contributed by atoms with Crippen LogP contribution in [0.3, 0.4) is 0 Å². The number of nitrogens with zero attached hydrogens (tertiary/aromatic N) is 1. The highest BCUT2D eigenvalue weighted by Gasteiger charge is 2.08. The van der Waals surface area contributed by atoms with E-state index in [2.05, 4.69) is 18.1 Å². The lowest BCUT2D eigenvalue weighted by atomic mass is 10.1. The maximum atomic E-state index is 5.89. The third-order valence-electron chi connectivity index (χ3n) is 3.62. The molecule has 0 bridgehead atoms. The maximum Gasteiger partial charge on any atom is 0.174 e. The van der Waals surface area contributed by atoms with E-state index in [0.29, 0.717) is 17.4 Å². The molecule has 0 aliphatic heterocycles. The summed E-state index contributed by atoms with van der Waals surface area (Å²) in [7, 11) is 0. The number of benzene rings is 2. The highest BCUT2D eigenvalue weighted by molar-refractivity contribution is 6.30. The van der Waals surface area contributed by atoms with Gasteiger partial charge in [0.1, 0.15) is 18.1 Å². The average molecular weight is 314 g/mol. The minimum Gasteiger partial charge on any atom is -0.485 e. The van der Waals surface area contributed by atoms with Crippen LogP contribution in [0.5, 0.6) is 5.75 Å². The molecule has 2 aromatic carbocycles. The second kappa shape index (κ2) is 6.24. The van der Waals surface area contributed by atoms with Gasteiger partial charge in [-0.1, -0.05) is 41.0 Å². The summed E-state index contributed by atoms with van der Waals surface area (Å²) in [5, 5.41) is 4.77. The summed E-state index contributed by atoms with van der Waals surface area (Å²) in [6.07, 6.45) is 0. The van der Waals surface area contributed by atoms with E-state index in [9.17, 15) is 0 Å². The van der Waals surface area contributed by atoms with Crippen LogP contribution in [0, 0.1) is 13.8 Å². The summed E-state index contributed by atoms with van der Waals surface area (Å²) >= 11 is 5.89. The normalized spacial score (nSPS) is 10.7. The number of hydrogen-bond donors (Lipinski definition) is 0. The van der Waals surface area contributed by atoms with Crippen LogP contribution in [0.25, 0.3) is 11.3 Å². The second-order valence-corrected chi connectivity index (χ2v) is 5.61. The molecule has 4 heteroatoms. The quantitative estimate of drug-likeness (QED) is 0.664. The third-order valence-corrected chi connectivity index (χ3v) is 3.88. The van der Waals surface area contributed by atoms with Gasteiger partial charge in [-0.25, -0.2) is 0 Å². The van der Waals surface area contributed by atoms with Gasteiger partial charge in [-0.15, -0.1) is 0 Å². The average Bonchev–Trinajstić information content (AvgIpc) is 2.98. The maximum absolute atomic E-state index is 5.89. The van der Waals surface area contributed by atoms with Crippen LogP contribution in [0.4, 0.5) is 0 Å². The molecule has 0 saturated heterocycles. The molecule has 0 spiro atoms. The lowest BCUT2D eigenvalue weighted by Crippen LogP contribution is -1.96. The minimum absolute atomic E-state index is 0.352. The van der Waals surface area contributed by atoms with Gasteiger partial charge in [0, 0.05) is 16.7 Å². The summed E-state index contributed by atoms with van der Waals surface area (Å²) in [4.78, 5) is 0. The van der Waals surface area contributed by atoms with Crippen molar-refractivity contribution in [1.82, 2.24) is 5.16 Å². The summed E-state index contributed by atoms with van der Waals surface area (Å²) in [5.74, 6) is 1.55. The van der Waals surface area contributed by atoms with Crippen molar-refractivity contribution in [2.75, 3.05) is 0 Å². The Morgan fingerprint density at radius 1 is 1.09 bits per heavy atom. The van der Waals surface area contributed by atoms with Crippen LogP contribution in [0.1, 0.15) is 16.9 Å². The van der Waals surface area contributed by atoms with Gasteiger partial charge in [-0.2, -0.15) is 0 Å². The summed E-state index contributed by atoms with van der Waals surface area (Å²) in [6, 6.07) is 15.4. The lowest BCUT2D eigenvalue weighted by Gasteiger charge is -2.08. The zero-order valence-electron chi connectivity index (χ0n) is 12.5. The topological polar surface area (TPSA) is 35.3 Å². The fraction of sp³-hybridized carbons (Fsp3) is 0.167. The first-order valence-electron chi connectivity index (χ1n) is 7.04. The zero-order chi connectivity index (χ0) is 15.5. The Bertz CT molecular complexity index is 778. The molecule has 3 nitrogen and oxygen atoms in total. The van der Waals surface area contributed by atoms with Gasteiger partial charge < -0.3 is 9.26 Å². The number of aryl methyl sites for hydroxylation is 1. The van der Waals surface area contributed by atoms with Crippen molar-refractivity contribution in [2.45, 2.75) is 20.5 Å². The van der Waals surface area contributed by atoms with Crippen LogP contribution in [0.2, 0.25) is 5.02 Å². The first kappa shape index (κ1) is 14.7. The third kappa shape index (κ3) is 3.15. The number of ether oxygens (including phenoxy) is 1. The standard InChI is InChI=1S/C18H16ClNO2/c1-12-4-3-5-18(13(12)2)21-11-16-10-17(20-22-16)14-6-8-15(19)9-7-14/h3-10H,11H2,1-2H3. The van der Waals surface area contributed by atoms with E-state index in [0.717, 1.165) is 22.6 Å². The molecule has 0 fully saturated rings. The first-order chi connectivity index (χ1) is 10.6. The van der Waals surface area contributed by atoms with Crippen molar-refractivity contribution in [1.29, 1.82) is 0 Å². The van der Waals surface area contributed by atoms with Crippen LogP contribution < -0.4 is 4.74 Å². The Hall–Kier alpha value is -2.26. The molecule has 3 rings (SSSR count). The highest BCUT2D eigenvalue weighted by atomic mass is 35.5. The van der Waals surface area contributed by atoms with Crippen molar-refractivity contribution in [2.24, 2.45) is 0 Å². The molecule has 0 radical (unpaired) electrons. The van der Waals surface area contributed by atoms with E-state index in [1.54, 1.807) is 0 Å². The minimum atomic E-state index is 0.352. The molecule has 1 heterocycles. The van der Waals surface area contributed by atoms with Gasteiger partial charge in [0.2, 0.25) is 0 Å². The molecule has 0 unspecified atom stereocenters. The Kier molecular flexibility index (Phi) is 4.16. The Labute approximate surface area is 134 Å². The second-order valence-electron chi connectivity index (χ2n) is 5.17. The van der Waals surface area contributed by atoms with Crippen LogP contribution >= 0.6 is 11.6 Å². The van der Waals surface area contributed by atoms with E-state index >= 15 is 0 Å². The molecular weight excluding hydrogens is 298 g/mol. The van der Waals surface area contributed by atoms with E-state index < -0.39 is 0 Å². The molecule has 22 heavy (non-hydrogen) atoms.